The van der Waals surface area contributed by atoms with Crippen LogP contribution in [0.15, 0.2) is 48.5 Å². The smallest absolute Gasteiger partial charge is 0.222 e. The maximum atomic E-state index is 12.8. The number of benzene rings is 2. The fourth-order valence-electron chi connectivity index (χ4n) is 5.84. The molecule has 4 nitrogen and oxygen atoms in total. The molecule has 2 aliphatic heterocycles. The van der Waals surface area contributed by atoms with Gasteiger partial charge in [0.2, 0.25) is 5.91 Å². The second-order valence-corrected chi connectivity index (χ2v) is 10.0. The lowest BCUT2D eigenvalue weighted by Gasteiger charge is -2.43. The Labute approximate surface area is 197 Å². The molecule has 2 heterocycles. The number of nitrogens with zero attached hydrogens (tertiary/aromatic N) is 3. The van der Waals surface area contributed by atoms with Crippen LogP contribution in [0, 0.1) is 0 Å². The van der Waals surface area contributed by atoms with Crippen molar-refractivity contribution in [3.63, 3.8) is 0 Å². The topological polar surface area (TPSA) is 26.8 Å². The second-order valence-electron chi connectivity index (χ2n) is 9.63. The fourth-order valence-corrected chi connectivity index (χ4v) is 6.04. The molecule has 5 heteroatoms. The fraction of sp³-hybridized carbons (Fsp3) is 0.519. The van der Waals surface area contributed by atoms with Gasteiger partial charge in [-0.05, 0) is 54.9 Å². The molecule has 2 aromatic carbocycles. The maximum Gasteiger partial charge on any atom is 0.222 e. The number of aryl methyl sites for hydroxylation is 1. The minimum atomic E-state index is 0.270. The summed E-state index contributed by atoms with van der Waals surface area (Å²) < 4.78 is 0. The number of hydrogen-bond acceptors (Lipinski definition) is 3. The van der Waals surface area contributed by atoms with Gasteiger partial charge < -0.3 is 4.90 Å². The Morgan fingerprint density at radius 3 is 2.19 bits per heavy atom. The van der Waals surface area contributed by atoms with Crippen molar-refractivity contribution in [2.24, 2.45) is 0 Å². The summed E-state index contributed by atoms with van der Waals surface area (Å²) in [5, 5.41) is 0.752. The van der Waals surface area contributed by atoms with E-state index in [1.807, 2.05) is 29.2 Å². The Bertz CT molecular complexity index is 940. The number of carbonyl (C=O) groups is 1. The van der Waals surface area contributed by atoms with Gasteiger partial charge in [0.05, 0.1) is 0 Å². The van der Waals surface area contributed by atoms with Gasteiger partial charge in [-0.15, -0.1) is 0 Å². The quantitative estimate of drug-likeness (QED) is 0.689. The van der Waals surface area contributed by atoms with E-state index in [-0.39, 0.29) is 5.91 Å². The van der Waals surface area contributed by atoms with E-state index >= 15 is 0 Å². The molecule has 2 aromatic rings. The van der Waals surface area contributed by atoms with Crippen LogP contribution in [0.4, 0.5) is 0 Å². The molecule has 1 aliphatic carbocycles. The van der Waals surface area contributed by atoms with Crippen LogP contribution in [-0.2, 0) is 24.2 Å². The lowest BCUT2D eigenvalue weighted by Crippen LogP contribution is -2.54. The summed E-state index contributed by atoms with van der Waals surface area (Å²) in [6, 6.07) is 18.0. The van der Waals surface area contributed by atoms with Gasteiger partial charge in [0.15, 0.2) is 0 Å². The summed E-state index contributed by atoms with van der Waals surface area (Å²) in [6.45, 7) is 6.01. The van der Waals surface area contributed by atoms with Crippen LogP contribution in [0.25, 0.3) is 0 Å². The van der Waals surface area contributed by atoms with Crippen molar-refractivity contribution in [3.05, 3.63) is 70.2 Å². The molecule has 2 atom stereocenters. The van der Waals surface area contributed by atoms with Crippen LogP contribution in [0.2, 0.25) is 5.02 Å². The SMILES string of the molecule is O=C1CC[C@@H](N2CCN([C@H]3CCc4ccccc4C3)CC2)CCN1Cc1ccccc1Cl. The Kier molecular flexibility index (Phi) is 6.82. The summed E-state index contributed by atoms with van der Waals surface area (Å²) in [7, 11) is 0. The zero-order valence-electron chi connectivity index (χ0n) is 18.9. The number of hydrogen-bond donors (Lipinski definition) is 0. The molecule has 0 unspecified atom stereocenters. The first-order valence-electron chi connectivity index (χ1n) is 12.2. The van der Waals surface area contributed by atoms with Crippen molar-refractivity contribution >= 4 is 17.5 Å². The number of amides is 1. The molecule has 0 spiro atoms. The molecular formula is C27H34ClN3O. The van der Waals surface area contributed by atoms with Gasteiger partial charge in [-0.2, -0.15) is 0 Å². The molecule has 32 heavy (non-hydrogen) atoms. The van der Waals surface area contributed by atoms with Crippen molar-refractivity contribution in [1.29, 1.82) is 0 Å². The molecule has 170 valence electrons. The molecule has 0 aromatic heterocycles. The number of likely N-dealkylation sites (tertiary alicyclic amines) is 1. The molecule has 2 fully saturated rings. The van der Waals surface area contributed by atoms with Gasteiger partial charge in [0.1, 0.15) is 0 Å². The third-order valence-electron chi connectivity index (χ3n) is 7.80. The molecule has 0 bridgehead atoms. The van der Waals surface area contributed by atoms with E-state index in [0.717, 1.165) is 56.2 Å². The van der Waals surface area contributed by atoms with Crippen LogP contribution in [0.3, 0.4) is 0 Å². The monoisotopic (exact) mass is 451 g/mol. The molecular weight excluding hydrogens is 418 g/mol. The summed E-state index contributed by atoms with van der Waals surface area (Å²) in [4.78, 5) is 20.2. The summed E-state index contributed by atoms with van der Waals surface area (Å²) in [5.41, 5.74) is 4.14. The molecule has 5 rings (SSSR count). The highest BCUT2D eigenvalue weighted by Crippen LogP contribution is 2.27. The zero-order valence-corrected chi connectivity index (χ0v) is 19.6. The predicted octanol–water partition coefficient (Wildman–Crippen LogP) is 4.40. The average molecular weight is 452 g/mol. The van der Waals surface area contributed by atoms with Gasteiger partial charge in [-0.1, -0.05) is 54.1 Å². The first-order chi connectivity index (χ1) is 15.7. The third kappa shape index (κ3) is 4.88. The Balaban J connectivity index is 1.14. The molecule has 3 aliphatic rings. The van der Waals surface area contributed by atoms with Crippen molar-refractivity contribution in [2.45, 2.75) is 57.2 Å². The largest absolute Gasteiger partial charge is 0.338 e. The summed E-state index contributed by atoms with van der Waals surface area (Å²) in [6.07, 6.45) is 6.39. The van der Waals surface area contributed by atoms with Gasteiger partial charge in [-0.3, -0.25) is 14.6 Å². The van der Waals surface area contributed by atoms with Crippen LogP contribution < -0.4 is 0 Å². The molecule has 2 saturated heterocycles. The minimum absolute atomic E-state index is 0.270. The molecule has 0 radical (unpaired) electrons. The number of carbonyl (C=O) groups excluding carboxylic acids is 1. The molecule has 0 saturated carbocycles. The van der Waals surface area contributed by atoms with E-state index in [9.17, 15) is 4.79 Å². The highest BCUT2D eigenvalue weighted by molar-refractivity contribution is 6.31. The lowest BCUT2D eigenvalue weighted by molar-refractivity contribution is -0.131. The van der Waals surface area contributed by atoms with E-state index in [0.29, 0.717) is 25.0 Å². The van der Waals surface area contributed by atoms with E-state index < -0.39 is 0 Å². The van der Waals surface area contributed by atoms with E-state index in [1.54, 1.807) is 11.1 Å². The van der Waals surface area contributed by atoms with Gasteiger partial charge in [0.25, 0.3) is 0 Å². The summed E-state index contributed by atoms with van der Waals surface area (Å²) >= 11 is 6.34. The van der Waals surface area contributed by atoms with Crippen LogP contribution in [0.1, 0.15) is 42.4 Å². The minimum Gasteiger partial charge on any atom is -0.338 e. The maximum absolute atomic E-state index is 12.8. The number of fused-ring (bicyclic) bond motifs is 1. The highest BCUT2D eigenvalue weighted by Gasteiger charge is 2.31. The Morgan fingerprint density at radius 1 is 0.750 bits per heavy atom. The number of rotatable bonds is 4. The normalized spacial score (nSPS) is 25.4. The standard InChI is InChI=1S/C27H34ClN3O/c28-26-8-4-3-7-23(26)20-31-14-13-24(11-12-27(31)32)29-15-17-30(18-16-29)25-10-9-21-5-1-2-6-22(21)19-25/h1-8,24-25H,9-20H2/t24-,25+/m1/s1. The van der Waals surface area contributed by atoms with E-state index in [4.69, 9.17) is 11.6 Å². The van der Waals surface area contributed by atoms with Crippen molar-refractivity contribution in [2.75, 3.05) is 32.7 Å². The molecule has 1 amide bonds. The third-order valence-corrected chi connectivity index (χ3v) is 8.17. The lowest BCUT2D eigenvalue weighted by atomic mass is 9.87. The van der Waals surface area contributed by atoms with E-state index in [1.165, 1.54) is 19.3 Å². The zero-order chi connectivity index (χ0) is 21.9. The van der Waals surface area contributed by atoms with Gasteiger partial charge >= 0.3 is 0 Å². The van der Waals surface area contributed by atoms with Crippen molar-refractivity contribution in [1.82, 2.24) is 14.7 Å². The average Bonchev–Trinajstić information content (AvgIpc) is 3.02. The van der Waals surface area contributed by atoms with Gasteiger partial charge in [-0.25, -0.2) is 0 Å². The van der Waals surface area contributed by atoms with Gasteiger partial charge in [0, 0.05) is 62.8 Å². The summed E-state index contributed by atoms with van der Waals surface area (Å²) in [5.74, 6) is 0.270. The van der Waals surface area contributed by atoms with Crippen LogP contribution in [0.5, 0.6) is 0 Å². The first-order valence-corrected chi connectivity index (χ1v) is 12.6. The molecule has 0 N–H and O–H groups in total. The van der Waals surface area contributed by atoms with E-state index in [2.05, 4.69) is 34.1 Å². The number of halogens is 1. The van der Waals surface area contributed by atoms with Crippen LogP contribution in [-0.4, -0.2) is 65.4 Å². The first kappa shape index (κ1) is 21.9. The van der Waals surface area contributed by atoms with Crippen LogP contribution >= 0.6 is 11.6 Å². The van der Waals surface area contributed by atoms with Crippen molar-refractivity contribution < 1.29 is 4.79 Å². The second kappa shape index (κ2) is 9.94. The Morgan fingerprint density at radius 2 is 1.41 bits per heavy atom. The van der Waals surface area contributed by atoms with Crippen molar-refractivity contribution in [3.8, 4) is 0 Å². The highest BCUT2D eigenvalue weighted by atomic mass is 35.5. The predicted molar refractivity (Wildman–Crippen MR) is 130 cm³/mol. The Hall–Kier alpha value is -1.88. The number of piperazine rings is 1.